The third-order valence-electron chi connectivity index (χ3n) is 6.64. The van der Waals surface area contributed by atoms with Gasteiger partial charge in [-0.25, -0.2) is 4.79 Å². The molecule has 0 aliphatic carbocycles. The van der Waals surface area contributed by atoms with Gasteiger partial charge in [-0.2, -0.15) is 5.06 Å². The summed E-state index contributed by atoms with van der Waals surface area (Å²) in [4.78, 5) is 39.0. The average molecular weight is 571 g/mol. The summed E-state index contributed by atoms with van der Waals surface area (Å²) in [7, 11) is 0. The second kappa shape index (κ2) is 10.3. The molecule has 0 N–H and O–H groups in total. The molecule has 0 amide bonds. The molecule has 0 saturated carbocycles. The van der Waals surface area contributed by atoms with Crippen molar-refractivity contribution in [1.29, 1.82) is 0 Å². The maximum absolute atomic E-state index is 13.8. The summed E-state index contributed by atoms with van der Waals surface area (Å²) in [6, 6.07) is 30.0. The Kier molecular flexibility index (Phi) is 6.87. The summed E-state index contributed by atoms with van der Waals surface area (Å²) >= 11 is 4.86. The maximum Gasteiger partial charge on any atom is 0.348 e. The number of ketones is 1. The van der Waals surface area contributed by atoms with Crippen LogP contribution in [-0.2, 0) is 9.63 Å². The molecule has 2 aliphatic rings. The van der Waals surface area contributed by atoms with Gasteiger partial charge in [0.15, 0.2) is 5.78 Å². The van der Waals surface area contributed by atoms with E-state index in [0.29, 0.717) is 17.1 Å². The third kappa shape index (κ3) is 4.81. The Bertz CT molecular complexity index is 1560. The molecule has 39 heavy (non-hydrogen) atoms. The lowest BCUT2D eigenvalue weighted by Crippen LogP contribution is -2.38. The van der Waals surface area contributed by atoms with Crippen LogP contribution in [0.15, 0.2) is 111 Å². The number of benzene rings is 4. The van der Waals surface area contributed by atoms with Gasteiger partial charge in [0.1, 0.15) is 10.4 Å². The van der Waals surface area contributed by atoms with E-state index in [4.69, 9.17) is 4.84 Å². The number of hydrogen-bond acceptors (Lipinski definition) is 8. The van der Waals surface area contributed by atoms with Gasteiger partial charge in [-0.3, -0.25) is 4.79 Å². The number of thioether (sulfide) groups is 1. The number of Topliss-reactive ketones (excluding diaryl/α,β-unsaturated/α-hetero) is 1. The average Bonchev–Trinajstić information content (AvgIpc) is 2.94. The first kappa shape index (κ1) is 25.9. The summed E-state index contributed by atoms with van der Waals surface area (Å²) in [5.74, 6) is 0.103. The van der Waals surface area contributed by atoms with Gasteiger partial charge in [0.2, 0.25) is 0 Å². The largest absolute Gasteiger partial charge is 0.348 e. The highest BCUT2D eigenvalue weighted by molar-refractivity contribution is 8.01. The molecule has 6 rings (SSSR count). The molecule has 8 heteroatoms. The van der Waals surface area contributed by atoms with E-state index < -0.39 is 4.75 Å². The highest BCUT2D eigenvalue weighted by Crippen LogP contribution is 2.51. The first-order valence-electron chi connectivity index (χ1n) is 12.5. The monoisotopic (exact) mass is 570 g/mol. The normalized spacial score (nSPS) is 13.6. The Labute approximate surface area is 240 Å². The van der Waals surface area contributed by atoms with Crippen LogP contribution in [0.25, 0.3) is 0 Å². The van der Waals surface area contributed by atoms with Gasteiger partial charge in [-0.05, 0) is 69.3 Å². The van der Waals surface area contributed by atoms with Crippen molar-refractivity contribution < 1.29 is 14.4 Å². The van der Waals surface area contributed by atoms with Crippen LogP contribution >= 0.6 is 35.3 Å². The van der Waals surface area contributed by atoms with Crippen molar-refractivity contribution in [2.24, 2.45) is 0 Å². The van der Waals surface area contributed by atoms with Crippen LogP contribution < -0.4 is 9.96 Å². The van der Waals surface area contributed by atoms with Crippen LogP contribution in [0.3, 0.4) is 0 Å². The highest BCUT2D eigenvalue weighted by Gasteiger charge is 2.37. The Morgan fingerprint density at radius 2 is 1.26 bits per heavy atom. The minimum Gasteiger partial charge on any atom is -0.334 e. The van der Waals surface area contributed by atoms with Crippen LogP contribution in [0.4, 0.5) is 22.7 Å². The molecular weight excluding hydrogens is 545 g/mol. The molecule has 0 unspecified atom stereocenters. The Morgan fingerprint density at radius 1 is 0.744 bits per heavy atom. The van der Waals surface area contributed by atoms with Crippen molar-refractivity contribution >= 4 is 69.8 Å². The van der Waals surface area contributed by atoms with Gasteiger partial charge in [-0.15, -0.1) is 11.8 Å². The first-order chi connectivity index (χ1) is 18.8. The van der Waals surface area contributed by atoms with Crippen LogP contribution in [0, 0.1) is 0 Å². The minimum absolute atomic E-state index is 0.0817. The van der Waals surface area contributed by atoms with Crippen LogP contribution in [0.1, 0.15) is 31.1 Å². The maximum atomic E-state index is 13.8. The first-order valence-corrected chi connectivity index (χ1v) is 15.2. The number of para-hydroxylation sites is 4. The number of carbonyl (C=O) groups excluding carboxylic acids is 2. The Hall–Kier alpha value is -3.33. The fourth-order valence-corrected chi connectivity index (χ4v) is 7.60. The summed E-state index contributed by atoms with van der Waals surface area (Å²) < 4.78 is -0.876. The number of carbonyl (C=O) groups is 2. The molecule has 0 atom stereocenters. The Morgan fingerprint density at radius 3 is 1.87 bits per heavy atom. The van der Waals surface area contributed by atoms with Gasteiger partial charge in [0, 0.05) is 25.1 Å². The molecule has 4 aromatic carbocycles. The fraction of sp³-hybridized carbons (Fsp3) is 0.161. The number of rotatable bonds is 6. The lowest BCUT2D eigenvalue weighted by atomic mass is 10.1. The van der Waals surface area contributed by atoms with Crippen molar-refractivity contribution in [1.82, 2.24) is 0 Å². The third-order valence-corrected chi connectivity index (χ3v) is 10.2. The summed E-state index contributed by atoms with van der Waals surface area (Å²) in [6.07, 6.45) is 0. The van der Waals surface area contributed by atoms with E-state index >= 15 is 0 Å². The molecule has 196 valence electrons. The molecule has 0 aromatic heterocycles. The van der Waals surface area contributed by atoms with Gasteiger partial charge in [0.05, 0.1) is 22.9 Å². The molecule has 0 fully saturated rings. The van der Waals surface area contributed by atoms with Crippen LogP contribution in [0.5, 0.6) is 0 Å². The van der Waals surface area contributed by atoms with Gasteiger partial charge in [-0.1, -0.05) is 66.0 Å². The van der Waals surface area contributed by atoms with E-state index in [-0.39, 0.29) is 11.8 Å². The van der Waals surface area contributed by atoms with Crippen molar-refractivity contribution in [2.45, 2.75) is 45.1 Å². The van der Waals surface area contributed by atoms with E-state index in [2.05, 4.69) is 29.2 Å². The van der Waals surface area contributed by atoms with Crippen molar-refractivity contribution in [3.8, 4) is 0 Å². The molecule has 4 aromatic rings. The number of hydrogen-bond donors (Lipinski definition) is 0. The number of fused-ring (bicyclic) bond motifs is 4. The van der Waals surface area contributed by atoms with Gasteiger partial charge < -0.3 is 9.74 Å². The molecular formula is C31H26N2O3S3. The predicted octanol–water partition coefficient (Wildman–Crippen LogP) is 8.72. The zero-order chi connectivity index (χ0) is 27.1. The van der Waals surface area contributed by atoms with Crippen molar-refractivity contribution in [3.63, 3.8) is 0 Å². The van der Waals surface area contributed by atoms with E-state index in [1.54, 1.807) is 34.7 Å². The van der Waals surface area contributed by atoms with Gasteiger partial charge in [0.25, 0.3) is 0 Å². The SMILES string of the molecule is CC(=O)c1cccc2c1N(OC(=O)C(C)(C)SCN1c3ccccc3Sc3ccccc31)c1ccccc1S2. The second-order valence-corrected chi connectivity index (χ2v) is 13.4. The van der Waals surface area contributed by atoms with Crippen molar-refractivity contribution in [3.05, 3.63) is 96.6 Å². The highest BCUT2D eigenvalue weighted by atomic mass is 32.2. The van der Waals surface area contributed by atoms with E-state index in [1.807, 2.05) is 74.5 Å². The molecule has 0 bridgehead atoms. The van der Waals surface area contributed by atoms with Gasteiger partial charge >= 0.3 is 5.97 Å². The van der Waals surface area contributed by atoms with E-state index in [1.165, 1.54) is 28.5 Å². The quantitative estimate of drug-likeness (QED) is 0.213. The minimum atomic E-state index is -0.876. The lowest BCUT2D eigenvalue weighted by Gasteiger charge is -2.36. The zero-order valence-electron chi connectivity index (χ0n) is 21.7. The standard InChI is InChI=1S/C31H26N2O3S3/c1-20(34)21-11-10-18-28-29(21)33(24-14-6-9-17-27(24)39-28)36-30(35)31(2,3)37-19-32-22-12-4-7-15-25(22)38-26-16-8-5-13-23(26)32/h4-18H,19H2,1-3H3. The molecule has 0 spiro atoms. The summed E-state index contributed by atoms with van der Waals surface area (Å²) in [6.45, 7) is 5.31. The second-order valence-electron chi connectivity index (χ2n) is 9.70. The molecule has 0 radical (unpaired) electrons. The van der Waals surface area contributed by atoms with E-state index in [0.717, 1.165) is 26.9 Å². The number of anilines is 4. The lowest BCUT2D eigenvalue weighted by molar-refractivity contribution is -0.145. The van der Waals surface area contributed by atoms with Crippen molar-refractivity contribution in [2.75, 3.05) is 15.8 Å². The van der Waals surface area contributed by atoms with Crippen LogP contribution in [0.2, 0.25) is 0 Å². The van der Waals surface area contributed by atoms with E-state index in [9.17, 15) is 9.59 Å². The summed E-state index contributed by atoms with van der Waals surface area (Å²) in [5, 5.41) is 1.55. The predicted molar refractivity (Wildman–Crippen MR) is 161 cm³/mol. The molecule has 5 nitrogen and oxygen atoms in total. The number of nitrogens with zero attached hydrogens (tertiary/aromatic N) is 2. The molecule has 2 heterocycles. The Balaban J connectivity index is 1.29. The topological polar surface area (TPSA) is 49.9 Å². The van der Waals surface area contributed by atoms with Crippen LogP contribution in [-0.4, -0.2) is 22.4 Å². The molecule has 0 saturated heterocycles. The molecule has 2 aliphatic heterocycles. The smallest absolute Gasteiger partial charge is 0.334 e. The fourth-order valence-electron chi connectivity index (χ4n) is 4.54. The summed E-state index contributed by atoms with van der Waals surface area (Å²) in [5.41, 5.74) is 4.12. The zero-order valence-corrected chi connectivity index (χ0v) is 24.2.